The topological polar surface area (TPSA) is 124 Å². The lowest BCUT2D eigenvalue weighted by Crippen LogP contribution is -2.26. The molecule has 0 aliphatic carbocycles. The van der Waals surface area contributed by atoms with Crippen LogP contribution in [-0.4, -0.2) is 57.3 Å². The molecule has 220 valence electrons. The number of benzene rings is 2. The molecule has 1 saturated heterocycles. The smallest absolute Gasteiger partial charge is 0.268 e. The highest BCUT2D eigenvalue weighted by molar-refractivity contribution is 7.17. The molecule has 3 aromatic heterocycles. The number of aromatic nitrogens is 3. The van der Waals surface area contributed by atoms with Gasteiger partial charge >= 0.3 is 0 Å². The summed E-state index contributed by atoms with van der Waals surface area (Å²) in [6, 6.07) is 22.1. The molecule has 1 N–H and O–H groups in total. The van der Waals surface area contributed by atoms with Gasteiger partial charge in [-0.15, -0.1) is 11.3 Å². The predicted molar refractivity (Wildman–Crippen MR) is 170 cm³/mol. The third-order valence-corrected chi connectivity index (χ3v) is 8.77. The molecule has 0 bridgehead atoms. The second kappa shape index (κ2) is 12.5. The average Bonchev–Trinajstić information content (AvgIpc) is 3.80. The van der Waals surface area contributed by atoms with Crippen LogP contribution in [0.5, 0.6) is 0 Å². The van der Waals surface area contributed by atoms with Crippen molar-refractivity contribution < 1.29 is 14.4 Å². The number of rotatable bonds is 9. The number of likely N-dealkylation sites (tertiary alicyclic amines) is 1. The summed E-state index contributed by atoms with van der Waals surface area (Å²) >= 11 is 1.30. The number of amides is 3. The van der Waals surface area contributed by atoms with Gasteiger partial charge in [0.25, 0.3) is 11.8 Å². The summed E-state index contributed by atoms with van der Waals surface area (Å²) in [4.78, 5) is 52.3. The van der Waals surface area contributed by atoms with Gasteiger partial charge in [0.15, 0.2) is 0 Å². The molecule has 1 fully saturated rings. The largest absolute Gasteiger partial charge is 0.343 e. The van der Waals surface area contributed by atoms with Crippen LogP contribution in [0.3, 0.4) is 0 Å². The first-order chi connectivity index (χ1) is 21.4. The van der Waals surface area contributed by atoms with E-state index in [0.29, 0.717) is 59.1 Å². The molecule has 1 aliphatic rings. The highest BCUT2D eigenvalue weighted by atomic mass is 32.1. The van der Waals surface area contributed by atoms with Crippen molar-refractivity contribution in [2.45, 2.75) is 25.8 Å². The van der Waals surface area contributed by atoms with Gasteiger partial charge in [-0.05, 0) is 61.4 Å². The van der Waals surface area contributed by atoms with Gasteiger partial charge < -0.3 is 14.4 Å². The van der Waals surface area contributed by atoms with Crippen LogP contribution in [-0.2, 0) is 11.3 Å². The summed E-state index contributed by atoms with van der Waals surface area (Å²) < 4.78 is 1.95. The van der Waals surface area contributed by atoms with Crippen molar-refractivity contribution in [3.05, 3.63) is 95.1 Å². The zero-order valence-electron chi connectivity index (χ0n) is 24.1. The van der Waals surface area contributed by atoms with E-state index in [1.807, 2.05) is 51.9 Å². The minimum atomic E-state index is -0.312. The van der Waals surface area contributed by atoms with Crippen molar-refractivity contribution in [2.75, 3.05) is 30.4 Å². The van der Waals surface area contributed by atoms with E-state index < -0.39 is 0 Å². The van der Waals surface area contributed by atoms with E-state index in [1.54, 1.807) is 42.4 Å². The molecule has 3 amide bonds. The Kier molecular flexibility index (Phi) is 8.16. The molecule has 1 aliphatic heterocycles. The van der Waals surface area contributed by atoms with Crippen molar-refractivity contribution in [1.29, 1.82) is 5.26 Å². The molecule has 44 heavy (non-hydrogen) atoms. The van der Waals surface area contributed by atoms with Gasteiger partial charge in [-0.1, -0.05) is 18.2 Å². The molecule has 11 heteroatoms. The molecule has 6 rings (SSSR count). The van der Waals surface area contributed by atoms with Crippen LogP contribution in [0.2, 0.25) is 0 Å². The van der Waals surface area contributed by atoms with Crippen LogP contribution in [0.1, 0.15) is 44.9 Å². The van der Waals surface area contributed by atoms with Gasteiger partial charge in [-0.25, -0.2) is 4.98 Å². The first-order valence-corrected chi connectivity index (χ1v) is 15.1. The number of hydrogen-bond acceptors (Lipinski definition) is 7. The van der Waals surface area contributed by atoms with Crippen LogP contribution in [0.4, 0.5) is 11.6 Å². The van der Waals surface area contributed by atoms with E-state index in [2.05, 4.69) is 16.4 Å². The van der Waals surface area contributed by atoms with Gasteiger partial charge in [0.2, 0.25) is 11.9 Å². The molecule has 4 heterocycles. The number of nitrogens with zero attached hydrogens (tertiary/aromatic N) is 6. The summed E-state index contributed by atoms with van der Waals surface area (Å²) in [7, 11) is 1.72. The first kappa shape index (κ1) is 28.8. The number of hydrogen-bond donors (Lipinski definition) is 1. The summed E-state index contributed by atoms with van der Waals surface area (Å²) in [5.74, 6) is 0.106. The number of anilines is 2. The van der Waals surface area contributed by atoms with E-state index in [9.17, 15) is 19.6 Å². The van der Waals surface area contributed by atoms with E-state index >= 15 is 0 Å². The van der Waals surface area contributed by atoms with Gasteiger partial charge in [0, 0.05) is 67.2 Å². The lowest BCUT2D eigenvalue weighted by atomic mass is 10.2. The third-order valence-electron chi connectivity index (χ3n) is 7.63. The molecule has 0 spiro atoms. The van der Waals surface area contributed by atoms with Crippen LogP contribution in [0.25, 0.3) is 21.5 Å². The monoisotopic (exact) mass is 603 g/mol. The number of thiophene rings is 1. The number of aryl methyl sites for hydroxylation is 1. The molecular formula is C33H29N7O3S. The van der Waals surface area contributed by atoms with Gasteiger partial charge in [-0.2, -0.15) is 5.26 Å². The normalized spacial score (nSPS) is 12.8. The minimum Gasteiger partial charge on any atom is -0.343 e. The van der Waals surface area contributed by atoms with Crippen molar-refractivity contribution >= 4 is 51.7 Å². The Bertz CT molecular complexity index is 1910. The number of nitrogens with one attached hydrogen (secondary N) is 1. The van der Waals surface area contributed by atoms with E-state index in [1.165, 1.54) is 17.5 Å². The number of nitriles is 1. The van der Waals surface area contributed by atoms with E-state index in [-0.39, 0.29) is 17.7 Å². The molecule has 0 saturated carbocycles. The average molecular weight is 604 g/mol. The number of imidazole rings is 1. The molecular weight excluding hydrogens is 574 g/mol. The minimum absolute atomic E-state index is 0.141. The third kappa shape index (κ3) is 5.93. The lowest BCUT2D eigenvalue weighted by molar-refractivity contribution is -0.127. The summed E-state index contributed by atoms with van der Waals surface area (Å²) in [5.41, 5.74) is 3.90. The highest BCUT2D eigenvalue weighted by Gasteiger charge is 2.22. The van der Waals surface area contributed by atoms with E-state index in [4.69, 9.17) is 4.98 Å². The van der Waals surface area contributed by atoms with Gasteiger partial charge in [-0.3, -0.25) is 24.7 Å². The fourth-order valence-corrected chi connectivity index (χ4v) is 6.20. The molecule has 5 aromatic rings. The molecule has 10 nitrogen and oxygen atoms in total. The molecule has 0 atom stereocenters. The molecule has 2 aromatic carbocycles. The maximum Gasteiger partial charge on any atom is 0.268 e. The Balaban J connectivity index is 1.27. The van der Waals surface area contributed by atoms with Gasteiger partial charge in [0.1, 0.15) is 6.07 Å². The predicted octanol–water partition coefficient (Wildman–Crippen LogP) is 5.57. The standard InChI is InChI=1S/C33H29N7O3S/c1-38(32(43)23-7-3-2-4-8-23)25-10-11-27-26(18-25)36-33(40(27)16-6-15-39-14-5-9-30(39)41)37-31(42)29-13-12-28(44-29)24-17-22(19-34)20-35-21-24/h2-4,7-8,10-13,17-18,20-21H,5-6,9,14-16H2,1H3,(H,36,37,42). The summed E-state index contributed by atoms with van der Waals surface area (Å²) in [6.07, 6.45) is 5.32. The SMILES string of the molecule is CN(C(=O)c1ccccc1)c1ccc2c(c1)nc(NC(=O)c1ccc(-c3cncc(C#N)c3)s1)n2CCCN1CCCC1=O. The second-order valence-electron chi connectivity index (χ2n) is 10.5. The van der Waals surface area contributed by atoms with Crippen molar-refractivity contribution in [2.24, 2.45) is 0 Å². The zero-order valence-corrected chi connectivity index (χ0v) is 24.9. The summed E-state index contributed by atoms with van der Waals surface area (Å²) in [6.45, 7) is 1.93. The fourth-order valence-electron chi connectivity index (χ4n) is 5.31. The zero-order chi connectivity index (χ0) is 30.6. The van der Waals surface area contributed by atoms with Crippen LogP contribution >= 0.6 is 11.3 Å². The Morgan fingerprint density at radius 2 is 1.91 bits per heavy atom. The van der Waals surface area contributed by atoms with Crippen LogP contribution in [0.15, 0.2) is 79.1 Å². The van der Waals surface area contributed by atoms with Crippen LogP contribution < -0.4 is 10.2 Å². The molecule has 0 radical (unpaired) electrons. The lowest BCUT2D eigenvalue weighted by Gasteiger charge is -2.18. The fraction of sp³-hybridized carbons (Fsp3) is 0.212. The van der Waals surface area contributed by atoms with Crippen LogP contribution in [0, 0.1) is 11.3 Å². The second-order valence-corrected chi connectivity index (χ2v) is 11.6. The van der Waals surface area contributed by atoms with E-state index in [0.717, 1.165) is 28.9 Å². The van der Waals surface area contributed by atoms with Gasteiger partial charge in [0.05, 0.1) is 21.5 Å². The van der Waals surface area contributed by atoms with Crippen molar-refractivity contribution in [1.82, 2.24) is 19.4 Å². The molecule has 0 unspecified atom stereocenters. The van der Waals surface area contributed by atoms with Crippen molar-refractivity contribution in [3.8, 4) is 16.5 Å². The first-order valence-electron chi connectivity index (χ1n) is 14.3. The maximum atomic E-state index is 13.4. The number of carbonyl (C=O) groups is 3. The Morgan fingerprint density at radius 3 is 2.68 bits per heavy atom. The Morgan fingerprint density at radius 1 is 1.07 bits per heavy atom. The maximum absolute atomic E-state index is 13.4. The Labute approximate surface area is 258 Å². The quantitative estimate of drug-likeness (QED) is 0.235. The number of pyridine rings is 1. The number of fused-ring (bicyclic) bond motifs is 1. The Hall–Kier alpha value is -5.34. The highest BCUT2D eigenvalue weighted by Crippen LogP contribution is 2.30. The number of carbonyl (C=O) groups excluding carboxylic acids is 3. The summed E-state index contributed by atoms with van der Waals surface area (Å²) in [5, 5.41) is 12.2. The van der Waals surface area contributed by atoms with Crippen molar-refractivity contribution in [3.63, 3.8) is 0 Å².